The molecule has 1 rings (SSSR count). The zero-order chi connectivity index (χ0) is 13.6. The van der Waals surface area contributed by atoms with Gasteiger partial charge in [-0.3, -0.25) is 0 Å². The third kappa shape index (κ3) is 3.67. The van der Waals surface area contributed by atoms with Gasteiger partial charge in [0, 0.05) is 9.43 Å². The van der Waals surface area contributed by atoms with E-state index in [0.29, 0.717) is 5.69 Å². The Labute approximate surface area is 103 Å². The van der Waals surface area contributed by atoms with Crippen LogP contribution in [-0.4, -0.2) is 20.1 Å². The molecule has 0 heterocycles. The lowest BCUT2D eigenvalue weighted by Crippen LogP contribution is -2.03. The van der Waals surface area contributed by atoms with Gasteiger partial charge in [0.05, 0.1) is 10.6 Å². The molecule has 96 valence electrons. The molecule has 8 nitrogen and oxygen atoms in total. The van der Waals surface area contributed by atoms with Crippen LogP contribution in [0.2, 0.25) is 0 Å². The van der Waals surface area contributed by atoms with Crippen LogP contribution >= 0.6 is 0 Å². The van der Waals surface area contributed by atoms with E-state index in [-0.39, 0.29) is 17.3 Å². The Bertz CT molecular complexity index is 575. The van der Waals surface area contributed by atoms with Crippen LogP contribution in [0, 0.1) is 0 Å². The van der Waals surface area contributed by atoms with Crippen LogP contribution in [0.5, 0.6) is 0 Å². The van der Waals surface area contributed by atoms with Gasteiger partial charge in [-0.25, -0.2) is 13.9 Å². The first-order valence-corrected chi connectivity index (χ1v) is 6.06. The van der Waals surface area contributed by atoms with E-state index in [9.17, 15) is 8.42 Å². The zero-order valence-corrected chi connectivity index (χ0v) is 9.96. The van der Waals surface area contributed by atoms with Gasteiger partial charge in [-0.05, 0) is 29.8 Å². The molecule has 0 spiro atoms. The minimum absolute atomic E-state index is 0.112. The predicted molar refractivity (Wildman–Crippen MR) is 63.7 cm³/mol. The van der Waals surface area contributed by atoms with Crippen molar-refractivity contribution >= 4 is 15.7 Å². The Hall–Kier alpha value is -2.22. The Kier molecular flexibility index (Phi) is 4.55. The Morgan fingerprint density at radius 3 is 2.61 bits per heavy atom. The van der Waals surface area contributed by atoms with E-state index in [1.807, 2.05) is 0 Å². The molecule has 0 saturated carbocycles. The first-order chi connectivity index (χ1) is 8.49. The number of anilines is 1. The molecule has 0 saturated heterocycles. The van der Waals surface area contributed by atoms with Gasteiger partial charge in [0.25, 0.3) is 10.0 Å². The highest BCUT2D eigenvalue weighted by atomic mass is 32.2. The van der Waals surface area contributed by atoms with Crippen molar-refractivity contribution in [3.8, 4) is 0 Å². The maximum Gasteiger partial charge on any atom is 0.264 e. The largest absolute Gasteiger partial charge is 0.388 e. The molecule has 0 aliphatic heterocycles. The van der Waals surface area contributed by atoms with E-state index in [1.165, 1.54) is 24.3 Å². The molecule has 1 aromatic rings. The average Bonchev–Trinajstić information content (AvgIpc) is 2.36. The van der Waals surface area contributed by atoms with Crippen LogP contribution in [0.3, 0.4) is 0 Å². The molecule has 0 unspecified atom stereocenters. The van der Waals surface area contributed by atoms with E-state index in [1.54, 1.807) is 0 Å². The molecule has 2 N–H and O–H groups in total. The van der Waals surface area contributed by atoms with Crippen molar-refractivity contribution in [2.75, 3.05) is 12.1 Å². The van der Waals surface area contributed by atoms with Crippen molar-refractivity contribution < 1.29 is 18.4 Å². The molecular weight excluding hydrogens is 260 g/mol. The molecule has 9 heteroatoms. The van der Waals surface area contributed by atoms with E-state index in [0.717, 1.165) is 0 Å². The third-order valence-corrected chi connectivity index (χ3v) is 2.94. The smallest absolute Gasteiger partial charge is 0.264 e. The lowest BCUT2D eigenvalue weighted by atomic mass is 10.3. The van der Waals surface area contributed by atoms with Crippen LogP contribution < -0.4 is 5.48 Å². The van der Waals surface area contributed by atoms with Crippen LogP contribution in [0.15, 0.2) is 46.0 Å². The highest BCUT2D eigenvalue weighted by Gasteiger charge is 2.11. The number of aliphatic hydroxyl groups is 1. The summed E-state index contributed by atoms with van der Waals surface area (Å²) in [5, 5.41) is 8.63. The fourth-order valence-corrected chi connectivity index (χ4v) is 1.62. The third-order valence-electron chi connectivity index (χ3n) is 1.79. The summed E-state index contributed by atoms with van der Waals surface area (Å²) in [5.74, 6) is 0.112. The fraction of sp³-hybridized carbons (Fsp3) is 0.111. The first kappa shape index (κ1) is 13.8. The van der Waals surface area contributed by atoms with Crippen LogP contribution in [0.1, 0.15) is 0 Å². The summed E-state index contributed by atoms with van der Waals surface area (Å²) in [7, 11) is -3.98. The molecule has 0 aliphatic rings. The van der Waals surface area contributed by atoms with Gasteiger partial charge in [-0.15, -0.1) is 0 Å². The van der Waals surface area contributed by atoms with E-state index < -0.39 is 10.0 Å². The number of rotatable bonds is 6. The average molecular weight is 270 g/mol. The number of azide groups is 1. The molecule has 0 bridgehead atoms. The zero-order valence-electron chi connectivity index (χ0n) is 9.15. The summed E-state index contributed by atoms with van der Waals surface area (Å²) in [5.41, 5.74) is 11.0. The number of nitrogens with zero attached hydrogens (tertiary/aromatic N) is 3. The minimum Gasteiger partial charge on any atom is -0.388 e. The number of hydrogen-bond acceptors (Lipinski definition) is 5. The monoisotopic (exact) mass is 270 g/mol. The highest BCUT2D eigenvalue weighted by molar-refractivity contribution is 7.90. The molecule has 0 radical (unpaired) electrons. The SMILES string of the molecule is C=C(CO)ONc1ccc(S(=O)(=O)N=[N+]=[N-])cc1. The van der Waals surface area contributed by atoms with Gasteiger partial charge in [0.1, 0.15) is 12.4 Å². The van der Waals surface area contributed by atoms with E-state index in [2.05, 4.69) is 21.5 Å². The second-order valence-corrected chi connectivity index (χ2v) is 4.66. The Morgan fingerprint density at radius 1 is 1.50 bits per heavy atom. The lowest BCUT2D eigenvalue weighted by Gasteiger charge is -2.08. The highest BCUT2D eigenvalue weighted by Crippen LogP contribution is 2.16. The summed E-state index contributed by atoms with van der Waals surface area (Å²) >= 11 is 0. The van der Waals surface area contributed by atoms with Crippen molar-refractivity contribution in [3.05, 3.63) is 47.0 Å². The maximum absolute atomic E-state index is 11.3. The topological polar surface area (TPSA) is 124 Å². The quantitative estimate of drug-likeness (QED) is 0.266. The van der Waals surface area contributed by atoms with Gasteiger partial charge in [0.15, 0.2) is 0 Å². The van der Waals surface area contributed by atoms with Crippen molar-refractivity contribution in [3.63, 3.8) is 0 Å². The Balaban J connectivity index is 2.81. The van der Waals surface area contributed by atoms with Gasteiger partial charge in [-0.2, -0.15) is 0 Å². The molecule has 0 amide bonds. The van der Waals surface area contributed by atoms with Crippen molar-refractivity contribution in [1.29, 1.82) is 0 Å². The normalized spacial score (nSPS) is 10.3. The fourth-order valence-electron chi connectivity index (χ4n) is 0.954. The van der Waals surface area contributed by atoms with Crippen molar-refractivity contribution in [2.24, 2.45) is 4.52 Å². The number of aliphatic hydroxyl groups excluding tert-OH is 1. The second-order valence-electron chi connectivity index (χ2n) is 3.07. The van der Waals surface area contributed by atoms with Gasteiger partial charge >= 0.3 is 0 Å². The maximum atomic E-state index is 11.3. The number of sulfonamides is 1. The Morgan fingerprint density at radius 2 is 2.11 bits per heavy atom. The summed E-state index contributed by atoms with van der Waals surface area (Å²) in [6.07, 6.45) is 0. The standard InChI is InChI=1S/C9H10N4O4S/c1-7(6-14)17-11-8-2-4-9(5-3-8)18(15,16)13-12-10/h2-5,11,14H,1,6H2. The number of benzene rings is 1. The summed E-state index contributed by atoms with van der Waals surface area (Å²) in [4.78, 5) is 6.93. The predicted octanol–water partition coefficient (Wildman–Crippen LogP) is 1.54. The number of hydrogen-bond donors (Lipinski definition) is 2. The van der Waals surface area contributed by atoms with Gasteiger partial charge in [0.2, 0.25) is 0 Å². The molecule has 1 aromatic carbocycles. The van der Waals surface area contributed by atoms with Gasteiger partial charge in [-0.1, -0.05) is 6.58 Å². The summed E-state index contributed by atoms with van der Waals surface area (Å²) in [6, 6.07) is 5.31. The molecule has 0 aromatic heterocycles. The molecular formula is C9H10N4O4S. The van der Waals surface area contributed by atoms with Crippen molar-refractivity contribution in [1.82, 2.24) is 0 Å². The second kappa shape index (κ2) is 5.92. The van der Waals surface area contributed by atoms with E-state index >= 15 is 0 Å². The van der Waals surface area contributed by atoms with Crippen LogP contribution in [0.25, 0.3) is 10.4 Å². The van der Waals surface area contributed by atoms with Gasteiger partial charge < -0.3 is 9.94 Å². The van der Waals surface area contributed by atoms with E-state index in [4.69, 9.17) is 15.5 Å². The first-order valence-electron chi connectivity index (χ1n) is 4.62. The summed E-state index contributed by atoms with van der Waals surface area (Å²) < 4.78 is 25.4. The molecule has 0 fully saturated rings. The molecule has 18 heavy (non-hydrogen) atoms. The lowest BCUT2D eigenvalue weighted by molar-refractivity contribution is 0.206. The van der Waals surface area contributed by atoms with Crippen LogP contribution in [-0.2, 0) is 14.9 Å². The molecule has 0 atom stereocenters. The van der Waals surface area contributed by atoms with Crippen molar-refractivity contribution in [2.45, 2.75) is 4.90 Å². The number of nitrogens with one attached hydrogen (secondary N) is 1. The summed E-state index contributed by atoms with van der Waals surface area (Å²) in [6.45, 7) is 3.05. The van der Waals surface area contributed by atoms with Crippen LogP contribution in [0.4, 0.5) is 5.69 Å². The minimum atomic E-state index is -3.98. The molecule has 0 aliphatic carbocycles.